The van der Waals surface area contributed by atoms with Crippen molar-refractivity contribution < 1.29 is 0 Å². The monoisotopic (exact) mass is 392 g/mol. The largest absolute Gasteiger partial charge is 0.343 e. The minimum Gasteiger partial charge on any atom is -0.343 e. The van der Waals surface area contributed by atoms with Crippen LogP contribution in [-0.4, -0.2) is 5.84 Å². The summed E-state index contributed by atoms with van der Waals surface area (Å²) in [6.07, 6.45) is 14.5. The molecule has 0 radical (unpaired) electrons. The highest BCUT2D eigenvalue weighted by Crippen LogP contribution is 2.39. The molecule has 0 saturated heterocycles. The lowest BCUT2D eigenvalue weighted by atomic mass is 9.79. The van der Waals surface area contributed by atoms with Crippen LogP contribution in [0.1, 0.15) is 91.4 Å². The molecule has 0 aliphatic carbocycles. The highest BCUT2D eigenvalue weighted by Gasteiger charge is 2.28. The first-order valence-corrected chi connectivity index (χ1v) is 12.2. The van der Waals surface area contributed by atoms with Gasteiger partial charge in [-0.05, 0) is 42.7 Å². The average Bonchev–Trinajstić information content (AvgIpc) is 2.74. The van der Waals surface area contributed by atoms with E-state index in [2.05, 4.69) is 62.5 Å². The highest BCUT2D eigenvalue weighted by molar-refractivity contribution is 6.14. The van der Waals surface area contributed by atoms with Gasteiger partial charge < -0.3 is 5.32 Å². The number of aliphatic imine (C=N–C) groups is 1. The van der Waals surface area contributed by atoms with Crippen LogP contribution < -0.4 is 5.32 Å². The summed E-state index contributed by atoms with van der Waals surface area (Å²) in [5.41, 5.74) is 2.39. The van der Waals surface area contributed by atoms with Crippen molar-refractivity contribution in [1.29, 1.82) is 0 Å². The maximum atomic E-state index is 5.21. The molecule has 0 aromatic heterocycles. The minimum atomic E-state index is 0.550. The predicted molar refractivity (Wildman–Crippen MR) is 129 cm³/mol. The van der Waals surface area contributed by atoms with Crippen LogP contribution >= 0.6 is 0 Å². The Labute approximate surface area is 178 Å². The van der Waals surface area contributed by atoms with Gasteiger partial charge in [0.15, 0.2) is 0 Å². The van der Waals surface area contributed by atoms with Gasteiger partial charge in [-0.3, -0.25) is 0 Å². The summed E-state index contributed by atoms with van der Waals surface area (Å²) in [4.78, 5) is 5.21. The standard InChI is InChI=1S/C27H40N2/c1-4-7-10-15-21(14-9-6-3)23(18-11-8-5-2)27-28-24-19-12-16-22-17-13-20-25(29-27)26(22)24/h12-13,16-17,19-21,23H,4-11,14-15,18H2,1-3H3,(H,28,29). The molecule has 29 heavy (non-hydrogen) atoms. The lowest BCUT2D eigenvalue weighted by molar-refractivity contribution is 0.321. The third-order valence-electron chi connectivity index (χ3n) is 6.53. The second-order valence-corrected chi connectivity index (χ2v) is 8.80. The van der Waals surface area contributed by atoms with Gasteiger partial charge in [-0.1, -0.05) is 96.4 Å². The number of amidine groups is 1. The van der Waals surface area contributed by atoms with E-state index in [1.165, 1.54) is 92.9 Å². The van der Waals surface area contributed by atoms with Crippen LogP contribution in [0.5, 0.6) is 0 Å². The minimum absolute atomic E-state index is 0.550. The summed E-state index contributed by atoms with van der Waals surface area (Å²) >= 11 is 0. The Morgan fingerprint density at radius 2 is 1.41 bits per heavy atom. The van der Waals surface area contributed by atoms with Crippen molar-refractivity contribution in [2.24, 2.45) is 16.8 Å². The average molecular weight is 393 g/mol. The molecule has 2 unspecified atom stereocenters. The van der Waals surface area contributed by atoms with Crippen molar-refractivity contribution >= 4 is 28.0 Å². The molecule has 0 saturated carbocycles. The molecular formula is C27H40N2. The number of anilines is 1. The lowest BCUT2D eigenvalue weighted by Crippen LogP contribution is -2.31. The van der Waals surface area contributed by atoms with Crippen molar-refractivity contribution in [3.63, 3.8) is 0 Å². The van der Waals surface area contributed by atoms with E-state index in [-0.39, 0.29) is 0 Å². The molecule has 2 aromatic carbocycles. The number of unbranched alkanes of at least 4 members (excludes halogenated alkanes) is 5. The normalized spacial score (nSPS) is 15.1. The Morgan fingerprint density at radius 3 is 2.14 bits per heavy atom. The highest BCUT2D eigenvalue weighted by atomic mass is 15.0. The summed E-state index contributed by atoms with van der Waals surface area (Å²) in [6, 6.07) is 13.1. The molecule has 3 rings (SSSR count). The van der Waals surface area contributed by atoms with Gasteiger partial charge in [-0.25, -0.2) is 4.99 Å². The van der Waals surface area contributed by atoms with E-state index in [1.54, 1.807) is 0 Å². The number of rotatable bonds is 13. The first kappa shape index (κ1) is 21.9. The second kappa shape index (κ2) is 11.4. The van der Waals surface area contributed by atoms with Crippen molar-refractivity contribution in [1.82, 2.24) is 0 Å². The second-order valence-electron chi connectivity index (χ2n) is 8.80. The van der Waals surface area contributed by atoms with Gasteiger partial charge in [-0.2, -0.15) is 0 Å². The predicted octanol–water partition coefficient (Wildman–Crippen LogP) is 8.88. The molecule has 0 bridgehead atoms. The topological polar surface area (TPSA) is 24.4 Å². The van der Waals surface area contributed by atoms with E-state index >= 15 is 0 Å². The van der Waals surface area contributed by atoms with Crippen LogP contribution in [-0.2, 0) is 0 Å². The van der Waals surface area contributed by atoms with E-state index in [1.807, 2.05) is 0 Å². The third-order valence-corrected chi connectivity index (χ3v) is 6.53. The molecule has 2 nitrogen and oxygen atoms in total. The van der Waals surface area contributed by atoms with Gasteiger partial charge in [0.25, 0.3) is 0 Å². The molecule has 0 fully saturated rings. The molecule has 1 N–H and O–H groups in total. The molecule has 1 aliphatic rings. The zero-order valence-electron chi connectivity index (χ0n) is 18.8. The molecule has 1 heterocycles. The van der Waals surface area contributed by atoms with Crippen molar-refractivity contribution in [2.75, 3.05) is 5.32 Å². The van der Waals surface area contributed by atoms with Crippen molar-refractivity contribution in [3.8, 4) is 0 Å². The van der Waals surface area contributed by atoms with Crippen LogP contribution in [0.25, 0.3) is 10.8 Å². The van der Waals surface area contributed by atoms with Gasteiger partial charge in [0.1, 0.15) is 5.84 Å². The Hall–Kier alpha value is -1.83. The number of nitrogens with zero attached hydrogens (tertiary/aromatic N) is 1. The number of hydrogen-bond donors (Lipinski definition) is 1. The molecule has 158 valence electrons. The van der Waals surface area contributed by atoms with Crippen molar-refractivity contribution in [2.45, 2.75) is 91.4 Å². The summed E-state index contributed by atoms with van der Waals surface area (Å²) in [5, 5.41) is 6.35. The number of benzene rings is 2. The van der Waals surface area contributed by atoms with Crippen LogP contribution in [0, 0.1) is 11.8 Å². The summed E-state index contributed by atoms with van der Waals surface area (Å²) in [6.45, 7) is 6.94. The lowest BCUT2D eigenvalue weighted by Gasteiger charge is -2.31. The van der Waals surface area contributed by atoms with E-state index in [9.17, 15) is 0 Å². The van der Waals surface area contributed by atoms with Gasteiger partial charge in [0.05, 0.1) is 5.69 Å². The fraction of sp³-hybridized carbons (Fsp3) is 0.593. The van der Waals surface area contributed by atoms with Gasteiger partial charge in [0, 0.05) is 17.0 Å². The van der Waals surface area contributed by atoms with Gasteiger partial charge in [0.2, 0.25) is 0 Å². The fourth-order valence-corrected chi connectivity index (χ4v) is 4.87. The van der Waals surface area contributed by atoms with Crippen LogP contribution in [0.2, 0.25) is 0 Å². The Balaban J connectivity index is 1.90. The summed E-state index contributed by atoms with van der Waals surface area (Å²) < 4.78 is 0. The SMILES string of the molecule is CCCCCC(CCCC)C(CCCCC)C1=Nc2cccc3cccc(c23)N1. The molecule has 2 heteroatoms. The molecule has 2 atom stereocenters. The van der Waals surface area contributed by atoms with Crippen LogP contribution in [0.3, 0.4) is 0 Å². The molecule has 0 spiro atoms. The van der Waals surface area contributed by atoms with Gasteiger partial charge in [-0.15, -0.1) is 0 Å². The van der Waals surface area contributed by atoms with E-state index < -0.39 is 0 Å². The quantitative estimate of drug-likeness (QED) is 0.338. The molecule has 1 aliphatic heterocycles. The first-order chi connectivity index (χ1) is 14.3. The maximum absolute atomic E-state index is 5.21. The zero-order chi connectivity index (χ0) is 20.5. The Kier molecular flexibility index (Phi) is 8.58. The molecule has 2 aromatic rings. The Bertz CT molecular complexity index is 787. The van der Waals surface area contributed by atoms with Crippen LogP contribution in [0.15, 0.2) is 41.4 Å². The van der Waals surface area contributed by atoms with E-state index in [0.717, 1.165) is 11.6 Å². The first-order valence-electron chi connectivity index (χ1n) is 12.2. The number of hydrogen-bond acceptors (Lipinski definition) is 2. The van der Waals surface area contributed by atoms with Crippen LogP contribution in [0.4, 0.5) is 11.4 Å². The van der Waals surface area contributed by atoms with E-state index in [0.29, 0.717) is 5.92 Å². The summed E-state index contributed by atoms with van der Waals surface area (Å²) in [7, 11) is 0. The fourth-order valence-electron chi connectivity index (χ4n) is 4.87. The van der Waals surface area contributed by atoms with Gasteiger partial charge >= 0.3 is 0 Å². The molecule has 0 amide bonds. The maximum Gasteiger partial charge on any atom is 0.110 e. The van der Waals surface area contributed by atoms with E-state index in [4.69, 9.17) is 4.99 Å². The summed E-state index contributed by atoms with van der Waals surface area (Å²) in [5.74, 6) is 2.52. The van der Waals surface area contributed by atoms with Crippen molar-refractivity contribution in [3.05, 3.63) is 36.4 Å². The Morgan fingerprint density at radius 1 is 0.759 bits per heavy atom. The number of nitrogens with one attached hydrogen (secondary N) is 1. The zero-order valence-corrected chi connectivity index (χ0v) is 18.8. The smallest absolute Gasteiger partial charge is 0.110 e. The third kappa shape index (κ3) is 5.62. The molecular weight excluding hydrogens is 352 g/mol.